The lowest BCUT2D eigenvalue weighted by Gasteiger charge is -2.22. The molecule has 0 aliphatic carbocycles. The van der Waals surface area contributed by atoms with Gasteiger partial charge in [0.25, 0.3) is 0 Å². The molecule has 0 saturated heterocycles. The van der Waals surface area contributed by atoms with Crippen LogP contribution in [0.15, 0.2) is 35.7 Å². The molecule has 1 aliphatic heterocycles. The molecule has 0 bridgehead atoms. The lowest BCUT2D eigenvalue weighted by Crippen LogP contribution is -2.18. The number of rotatable bonds is 1. The fraction of sp³-hybridized carbons (Fsp3) is 0.214. The van der Waals surface area contributed by atoms with E-state index < -0.39 is 11.7 Å². The number of halogens is 3. The fourth-order valence-electron chi connectivity index (χ4n) is 2.75. The predicted molar refractivity (Wildman–Crippen MR) is 74.0 cm³/mol. The number of hydrogen-bond donors (Lipinski definition) is 0. The van der Waals surface area contributed by atoms with Gasteiger partial charge in [0.2, 0.25) is 0 Å². The van der Waals surface area contributed by atoms with E-state index in [4.69, 9.17) is 0 Å². The zero-order chi connectivity index (χ0) is 15.3. The number of thiophene rings is 1. The van der Waals surface area contributed by atoms with Crippen molar-refractivity contribution in [1.82, 2.24) is 20.2 Å². The lowest BCUT2D eigenvalue weighted by atomic mass is 9.90. The van der Waals surface area contributed by atoms with E-state index in [1.807, 2.05) is 11.4 Å². The Morgan fingerprint density at radius 1 is 1.23 bits per heavy atom. The number of alkyl halides is 3. The third kappa shape index (κ3) is 2.02. The van der Waals surface area contributed by atoms with E-state index in [2.05, 4.69) is 15.5 Å². The second-order valence-corrected chi connectivity index (χ2v) is 6.00. The largest absolute Gasteiger partial charge is 0.416 e. The summed E-state index contributed by atoms with van der Waals surface area (Å²) in [4.78, 5) is 0.985. The van der Waals surface area contributed by atoms with Crippen LogP contribution in [0.3, 0.4) is 0 Å². The highest BCUT2D eigenvalue weighted by Gasteiger charge is 2.33. The predicted octanol–water partition coefficient (Wildman–Crippen LogP) is 3.43. The molecule has 112 valence electrons. The topological polar surface area (TPSA) is 43.6 Å². The zero-order valence-corrected chi connectivity index (χ0v) is 11.9. The summed E-state index contributed by atoms with van der Waals surface area (Å²) >= 11 is 1.51. The van der Waals surface area contributed by atoms with E-state index in [0.717, 1.165) is 16.6 Å². The number of hydrogen-bond acceptors (Lipinski definition) is 4. The Bertz CT molecular complexity index is 836. The van der Waals surface area contributed by atoms with Gasteiger partial charge >= 0.3 is 6.18 Å². The Morgan fingerprint density at radius 3 is 2.91 bits per heavy atom. The minimum Gasteiger partial charge on any atom is -0.196 e. The maximum Gasteiger partial charge on any atom is 0.416 e. The zero-order valence-electron chi connectivity index (χ0n) is 11.1. The molecule has 2 aromatic heterocycles. The smallest absolute Gasteiger partial charge is 0.196 e. The highest BCUT2D eigenvalue weighted by molar-refractivity contribution is 7.10. The summed E-state index contributed by atoms with van der Waals surface area (Å²) < 4.78 is 40.4. The van der Waals surface area contributed by atoms with E-state index in [9.17, 15) is 13.2 Å². The number of benzene rings is 1. The molecule has 1 aromatic carbocycles. The van der Waals surface area contributed by atoms with Crippen molar-refractivity contribution in [3.63, 3.8) is 0 Å². The van der Waals surface area contributed by atoms with Crippen LogP contribution in [0.4, 0.5) is 13.2 Å². The minimum absolute atomic E-state index is 0.157. The highest BCUT2D eigenvalue weighted by Crippen LogP contribution is 2.41. The molecule has 3 heterocycles. The fourth-order valence-corrected chi connectivity index (χ4v) is 3.75. The highest BCUT2D eigenvalue weighted by atomic mass is 32.1. The summed E-state index contributed by atoms with van der Waals surface area (Å²) in [5.74, 6) is 0.504. The molecule has 4 rings (SSSR count). The molecule has 4 nitrogen and oxygen atoms in total. The van der Waals surface area contributed by atoms with Gasteiger partial charge in [-0.1, -0.05) is 18.2 Å². The van der Waals surface area contributed by atoms with Crippen LogP contribution in [0.5, 0.6) is 0 Å². The monoisotopic (exact) mass is 322 g/mol. The van der Waals surface area contributed by atoms with Crippen LogP contribution in [0.1, 0.15) is 27.7 Å². The normalized spacial score (nSPS) is 17.1. The maximum absolute atomic E-state index is 12.9. The third-order valence-electron chi connectivity index (χ3n) is 3.76. The van der Waals surface area contributed by atoms with Gasteiger partial charge in [-0.25, -0.2) is 0 Å². The first-order chi connectivity index (χ1) is 10.5. The van der Waals surface area contributed by atoms with E-state index >= 15 is 0 Å². The van der Waals surface area contributed by atoms with Crippen molar-refractivity contribution in [2.75, 3.05) is 0 Å². The Kier molecular flexibility index (Phi) is 2.83. The summed E-state index contributed by atoms with van der Waals surface area (Å²) in [6.45, 7) is 0. The summed E-state index contributed by atoms with van der Waals surface area (Å²) in [7, 11) is 0. The minimum atomic E-state index is -4.34. The average molecular weight is 322 g/mol. The van der Waals surface area contributed by atoms with Gasteiger partial charge in [-0.15, -0.1) is 16.4 Å². The van der Waals surface area contributed by atoms with Crippen LogP contribution in [-0.4, -0.2) is 20.2 Å². The van der Waals surface area contributed by atoms with Crippen molar-refractivity contribution in [2.45, 2.75) is 18.5 Å². The number of fused-ring (bicyclic) bond motifs is 3. The van der Waals surface area contributed by atoms with Crippen LogP contribution >= 0.6 is 11.3 Å². The molecule has 8 heteroatoms. The first-order valence-electron chi connectivity index (χ1n) is 6.56. The molecule has 1 unspecified atom stereocenters. The lowest BCUT2D eigenvalue weighted by molar-refractivity contribution is -0.137. The third-order valence-corrected chi connectivity index (χ3v) is 4.77. The van der Waals surface area contributed by atoms with Crippen LogP contribution in [0.25, 0.3) is 5.69 Å². The Labute approximate surface area is 127 Å². The first-order valence-corrected chi connectivity index (χ1v) is 7.44. The van der Waals surface area contributed by atoms with Crippen molar-refractivity contribution >= 4 is 11.3 Å². The van der Waals surface area contributed by atoms with E-state index in [0.29, 0.717) is 17.8 Å². The maximum atomic E-state index is 12.9. The molecule has 0 fully saturated rings. The van der Waals surface area contributed by atoms with Crippen molar-refractivity contribution in [1.29, 1.82) is 0 Å². The summed E-state index contributed by atoms with van der Waals surface area (Å²) in [5.41, 5.74) is 0.847. The van der Waals surface area contributed by atoms with E-state index in [-0.39, 0.29) is 5.92 Å². The van der Waals surface area contributed by atoms with Crippen LogP contribution in [-0.2, 0) is 12.6 Å². The van der Waals surface area contributed by atoms with Gasteiger partial charge < -0.3 is 0 Å². The van der Waals surface area contributed by atoms with Crippen LogP contribution < -0.4 is 0 Å². The molecule has 0 radical (unpaired) electrons. The van der Waals surface area contributed by atoms with Crippen LogP contribution in [0.2, 0.25) is 0 Å². The SMILES string of the molecule is FC(F)(F)c1cccc(C2Cc3nnnn3-c3ccsc32)c1. The van der Waals surface area contributed by atoms with E-state index in [1.165, 1.54) is 23.5 Å². The van der Waals surface area contributed by atoms with Crippen LogP contribution in [0, 0.1) is 0 Å². The molecule has 0 spiro atoms. The van der Waals surface area contributed by atoms with Gasteiger partial charge in [0, 0.05) is 17.2 Å². The standard InChI is InChI=1S/C14H9F3N4S/c15-14(16,17)9-3-1-2-8(6-9)10-7-12-18-19-20-21(12)11-4-5-22-13(10)11/h1-6,10H,7H2. The van der Waals surface area contributed by atoms with E-state index in [1.54, 1.807) is 10.7 Å². The number of aromatic nitrogens is 4. The molecular weight excluding hydrogens is 313 g/mol. The second kappa shape index (κ2) is 4.64. The molecule has 1 atom stereocenters. The molecular formula is C14H9F3N4S. The molecule has 1 aliphatic rings. The van der Waals surface area contributed by atoms with Gasteiger partial charge in [-0.05, 0) is 33.5 Å². The van der Waals surface area contributed by atoms with Gasteiger partial charge in [0.05, 0.1) is 11.3 Å². The van der Waals surface area contributed by atoms with Gasteiger partial charge in [0.1, 0.15) is 0 Å². The molecule has 22 heavy (non-hydrogen) atoms. The second-order valence-electron chi connectivity index (χ2n) is 5.06. The van der Waals surface area contributed by atoms with Crippen molar-refractivity contribution in [2.24, 2.45) is 0 Å². The summed E-state index contributed by atoms with van der Waals surface area (Å²) in [5, 5.41) is 13.5. The Morgan fingerprint density at radius 2 is 2.09 bits per heavy atom. The first kappa shape index (κ1) is 13.4. The van der Waals surface area contributed by atoms with Crippen molar-refractivity contribution in [3.05, 3.63) is 57.5 Å². The van der Waals surface area contributed by atoms with Gasteiger partial charge in [-0.3, -0.25) is 0 Å². The Hall–Kier alpha value is -2.22. The number of tetrazole rings is 1. The summed E-state index contributed by atoms with van der Waals surface area (Å²) in [6, 6.07) is 7.37. The van der Waals surface area contributed by atoms with Crippen molar-refractivity contribution < 1.29 is 13.2 Å². The van der Waals surface area contributed by atoms with Crippen molar-refractivity contribution in [3.8, 4) is 5.69 Å². The Balaban J connectivity index is 1.82. The molecule has 0 saturated carbocycles. The summed E-state index contributed by atoms with van der Waals surface area (Å²) in [6.07, 6.45) is -3.85. The molecule has 0 amide bonds. The van der Waals surface area contributed by atoms with Gasteiger partial charge in [0.15, 0.2) is 5.82 Å². The number of nitrogens with zero attached hydrogens (tertiary/aromatic N) is 4. The quantitative estimate of drug-likeness (QED) is 0.689. The molecule has 0 N–H and O–H groups in total. The van der Waals surface area contributed by atoms with Gasteiger partial charge in [-0.2, -0.15) is 17.9 Å². The molecule has 3 aromatic rings. The average Bonchev–Trinajstić information content (AvgIpc) is 3.13.